The molecule has 22 heavy (non-hydrogen) atoms. The van der Waals surface area contributed by atoms with Crippen molar-refractivity contribution in [3.05, 3.63) is 0 Å². The van der Waals surface area contributed by atoms with E-state index >= 15 is 0 Å². The van der Waals surface area contributed by atoms with Gasteiger partial charge in [-0.05, 0) is 42.9 Å². The molecule has 0 spiro atoms. The molecule has 0 unspecified atom stereocenters. The van der Waals surface area contributed by atoms with Crippen LogP contribution in [-0.4, -0.2) is 11.9 Å². The highest BCUT2D eigenvalue weighted by Crippen LogP contribution is 2.45. The summed E-state index contributed by atoms with van der Waals surface area (Å²) in [5.41, 5.74) is 0. The number of nitrogens with one attached hydrogen (secondary N) is 1. The zero-order valence-electron chi connectivity index (χ0n) is 14.5. The van der Waals surface area contributed by atoms with Gasteiger partial charge in [-0.2, -0.15) is 0 Å². The quantitative estimate of drug-likeness (QED) is 0.775. The van der Waals surface area contributed by atoms with Crippen molar-refractivity contribution in [2.45, 2.75) is 96.4 Å². The molecule has 0 aromatic heterocycles. The lowest BCUT2D eigenvalue weighted by atomic mass is 9.63. The Hall–Kier alpha value is -0.530. The summed E-state index contributed by atoms with van der Waals surface area (Å²) in [7, 11) is 0. The fraction of sp³-hybridized carbons (Fsp3) is 0.950. The molecular weight excluding hydrogens is 270 g/mol. The highest BCUT2D eigenvalue weighted by molar-refractivity contribution is 5.73. The van der Waals surface area contributed by atoms with Crippen molar-refractivity contribution in [3.8, 4) is 0 Å². The Kier molecular flexibility index (Phi) is 5.82. The molecule has 3 aliphatic carbocycles. The van der Waals surface area contributed by atoms with Crippen LogP contribution in [-0.2, 0) is 4.79 Å². The van der Waals surface area contributed by atoms with Crippen LogP contribution in [0.2, 0.25) is 0 Å². The van der Waals surface area contributed by atoms with E-state index < -0.39 is 0 Å². The lowest BCUT2D eigenvalue weighted by Gasteiger charge is -2.45. The van der Waals surface area contributed by atoms with Crippen LogP contribution in [0.1, 0.15) is 90.4 Å². The van der Waals surface area contributed by atoms with Crippen molar-refractivity contribution in [3.63, 3.8) is 0 Å². The first-order valence-electron chi connectivity index (χ1n) is 10.0. The van der Waals surface area contributed by atoms with Crippen LogP contribution in [0, 0.1) is 23.7 Å². The molecule has 1 amide bonds. The molecule has 3 atom stereocenters. The first kappa shape index (κ1) is 16.3. The lowest BCUT2D eigenvalue weighted by molar-refractivity contribution is -0.120. The predicted octanol–water partition coefficient (Wildman–Crippen LogP) is 5.07. The molecule has 0 bridgehead atoms. The number of hydrogen-bond donors (Lipinski definition) is 1. The average Bonchev–Trinajstić information content (AvgIpc) is 2.56. The number of carbonyl (C=O) groups excluding carboxylic acids is 1. The van der Waals surface area contributed by atoms with E-state index in [0.29, 0.717) is 6.04 Å². The van der Waals surface area contributed by atoms with E-state index in [4.69, 9.17) is 0 Å². The Morgan fingerprint density at radius 1 is 0.727 bits per heavy atom. The summed E-state index contributed by atoms with van der Waals surface area (Å²) >= 11 is 0. The highest BCUT2D eigenvalue weighted by atomic mass is 16.1. The maximum absolute atomic E-state index is 11.6. The fourth-order valence-corrected chi connectivity index (χ4v) is 5.80. The van der Waals surface area contributed by atoms with E-state index in [1.54, 1.807) is 6.92 Å². The molecule has 126 valence electrons. The summed E-state index contributed by atoms with van der Waals surface area (Å²) < 4.78 is 0. The lowest BCUT2D eigenvalue weighted by Crippen LogP contribution is -2.47. The van der Waals surface area contributed by atoms with Gasteiger partial charge in [-0.15, -0.1) is 0 Å². The second-order valence-corrected chi connectivity index (χ2v) is 8.34. The third-order valence-electron chi connectivity index (χ3n) is 6.90. The van der Waals surface area contributed by atoms with Gasteiger partial charge in [-0.1, -0.05) is 64.2 Å². The van der Waals surface area contributed by atoms with Gasteiger partial charge in [0.15, 0.2) is 0 Å². The summed E-state index contributed by atoms with van der Waals surface area (Å²) in [6, 6.07) is 0.473. The van der Waals surface area contributed by atoms with Gasteiger partial charge in [-0.25, -0.2) is 0 Å². The molecule has 3 aliphatic rings. The van der Waals surface area contributed by atoms with Gasteiger partial charge in [0.2, 0.25) is 5.91 Å². The first-order valence-corrected chi connectivity index (χ1v) is 10.0. The van der Waals surface area contributed by atoms with Crippen LogP contribution < -0.4 is 5.32 Å². The normalized spacial score (nSPS) is 35.2. The third-order valence-corrected chi connectivity index (χ3v) is 6.90. The Bertz CT molecular complexity index is 355. The average molecular weight is 306 g/mol. The maximum atomic E-state index is 11.6. The van der Waals surface area contributed by atoms with Crippen LogP contribution in [0.5, 0.6) is 0 Å². The fourth-order valence-electron chi connectivity index (χ4n) is 5.80. The molecule has 3 fully saturated rings. The number of hydrogen-bond acceptors (Lipinski definition) is 1. The second kappa shape index (κ2) is 7.84. The van der Waals surface area contributed by atoms with Crippen molar-refractivity contribution >= 4 is 5.91 Å². The van der Waals surface area contributed by atoms with Gasteiger partial charge in [0.05, 0.1) is 0 Å². The molecule has 0 radical (unpaired) electrons. The molecule has 0 heterocycles. The van der Waals surface area contributed by atoms with Crippen LogP contribution in [0.4, 0.5) is 0 Å². The Morgan fingerprint density at radius 3 is 1.91 bits per heavy atom. The van der Waals surface area contributed by atoms with Gasteiger partial charge in [0.1, 0.15) is 0 Å². The first-order chi connectivity index (χ1) is 10.7. The van der Waals surface area contributed by atoms with Crippen molar-refractivity contribution < 1.29 is 4.79 Å². The molecular formula is C20H35NO. The number of rotatable bonds is 3. The minimum Gasteiger partial charge on any atom is -0.353 e. The van der Waals surface area contributed by atoms with E-state index in [2.05, 4.69) is 5.32 Å². The SMILES string of the molecule is CC(=O)N[C@@H]1CC[C@H](C2CCCCC2)C[C@@H]1C1CCCCC1. The molecule has 0 aromatic rings. The molecule has 0 aromatic carbocycles. The maximum Gasteiger partial charge on any atom is 0.217 e. The Labute approximate surface area is 136 Å². The second-order valence-electron chi connectivity index (χ2n) is 8.34. The summed E-state index contributed by atoms with van der Waals surface area (Å²) in [5.74, 6) is 3.79. The van der Waals surface area contributed by atoms with Gasteiger partial charge >= 0.3 is 0 Å². The van der Waals surface area contributed by atoms with Crippen LogP contribution >= 0.6 is 0 Å². The summed E-state index contributed by atoms with van der Waals surface area (Å²) in [5, 5.41) is 3.31. The molecule has 3 saturated carbocycles. The highest BCUT2D eigenvalue weighted by Gasteiger charge is 2.38. The van der Waals surface area contributed by atoms with Gasteiger partial charge < -0.3 is 5.32 Å². The van der Waals surface area contributed by atoms with E-state index in [1.807, 2.05) is 0 Å². The van der Waals surface area contributed by atoms with Gasteiger partial charge in [-0.3, -0.25) is 4.79 Å². The van der Waals surface area contributed by atoms with E-state index in [1.165, 1.54) is 83.5 Å². The molecule has 3 rings (SSSR count). The predicted molar refractivity (Wildman–Crippen MR) is 91.6 cm³/mol. The van der Waals surface area contributed by atoms with Crippen LogP contribution in [0.15, 0.2) is 0 Å². The monoisotopic (exact) mass is 305 g/mol. The molecule has 0 saturated heterocycles. The summed E-state index contributed by atoms with van der Waals surface area (Å²) in [6.07, 6.45) is 18.4. The third kappa shape index (κ3) is 4.06. The van der Waals surface area contributed by atoms with Gasteiger partial charge in [0, 0.05) is 13.0 Å². The minimum absolute atomic E-state index is 0.182. The molecule has 0 aliphatic heterocycles. The smallest absolute Gasteiger partial charge is 0.217 e. The Balaban J connectivity index is 1.65. The standard InChI is InChI=1S/C20H35NO/c1-15(22)21-20-13-12-18(16-8-4-2-5-9-16)14-19(20)17-10-6-3-7-11-17/h16-20H,2-14H2,1H3,(H,21,22)/t18-,19+,20+/m0/s1. The van der Waals surface area contributed by atoms with Crippen molar-refractivity contribution in [2.75, 3.05) is 0 Å². The zero-order valence-corrected chi connectivity index (χ0v) is 14.5. The zero-order chi connectivity index (χ0) is 15.4. The van der Waals surface area contributed by atoms with Gasteiger partial charge in [0.25, 0.3) is 0 Å². The minimum atomic E-state index is 0.182. The van der Waals surface area contributed by atoms with Crippen molar-refractivity contribution in [1.29, 1.82) is 0 Å². The topological polar surface area (TPSA) is 29.1 Å². The van der Waals surface area contributed by atoms with Crippen LogP contribution in [0.3, 0.4) is 0 Å². The molecule has 2 nitrogen and oxygen atoms in total. The van der Waals surface area contributed by atoms with Crippen molar-refractivity contribution in [2.24, 2.45) is 23.7 Å². The number of amides is 1. The van der Waals surface area contributed by atoms with E-state index in [-0.39, 0.29) is 5.91 Å². The molecule has 2 heteroatoms. The number of carbonyl (C=O) groups is 1. The van der Waals surface area contributed by atoms with Crippen molar-refractivity contribution in [1.82, 2.24) is 5.32 Å². The molecule has 1 N–H and O–H groups in total. The summed E-state index contributed by atoms with van der Waals surface area (Å²) in [4.78, 5) is 11.6. The summed E-state index contributed by atoms with van der Waals surface area (Å²) in [6.45, 7) is 1.70. The van der Waals surface area contributed by atoms with Crippen LogP contribution in [0.25, 0.3) is 0 Å². The van der Waals surface area contributed by atoms with E-state index in [0.717, 1.165) is 23.7 Å². The van der Waals surface area contributed by atoms with E-state index in [9.17, 15) is 4.79 Å². The largest absolute Gasteiger partial charge is 0.353 e. The Morgan fingerprint density at radius 2 is 1.32 bits per heavy atom.